The lowest BCUT2D eigenvalue weighted by molar-refractivity contribution is 0.143. The zero-order valence-electron chi connectivity index (χ0n) is 10.3. The first kappa shape index (κ1) is 14.2. The average molecular weight is 261 g/mol. The van der Waals surface area contributed by atoms with Gasteiger partial charge in [-0.25, -0.2) is 0 Å². The molecule has 0 saturated heterocycles. The van der Waals surface area contributed by atoms with Crippen LogP contribution in [0.1, 0.15) is 25.0 Å². The molecule has 4 N–H and O–H groups in total. The molecule has 18 heavy (non-hydrogen) atoms. The van der Waals surface area contributed by atoms with Gasteiger partial charge in [-0.15, -0.1) is 0 Å². The molecule has 1 aromatic rings. The second-order valence-electron chi connectivity index (χ2n) is 4.17. The van der Waals surface area contributed by atoms with Crippen molar-refractivity contribution in [3.05, 3.63) is 35.4 Å². The van der Waals surface area contributed by atoms with Crippen LogP contribution in [0.15, 0.2) is 29.4 Å². The Kier molecular flexibility index (Phi) is 4.84. The minimum absolute atomic E-state index is 0.124. The van der Waals surface area contributed by atoms with Gasteiger partial charge in [-0.1, -0.05) is 24.0 Å². The maximum atomic E-state index is 9.47. The SMILES string of the molecule is CC(C)(O)C#Cc1ccc(C=NNC(N)=S)cc1. The molecule has 5 heteroatoms. The minimum Gasteiger partial charge on any atom is -0.378 e. The predicted molar refractivity (Wildman–Crippen MR) is 77.1 cm³/mol. The Morgan fingerprint density at radius 1 is 1.44 bits per heavy atom. The second kappa shape index (κ2) is 6.15. The molecule has 0 heterocycles. The van der Waals surface area contributed by atoms with Crippen molar-refractivity contribution in [2.45, 2.75) is 19.4 Å². The monoisotopic (exact) mass is 261 g/mol. The Balaban J connectivity index is 2.71. The summed E-state index contributed by atoms with van der Waals surface area (Å²) in [7, 11) is 0. The summed E-state index contributed by atoms with van der Waals surface area (Å²) in [5, 5.41) is 13.4. The van der Waals surface area contributed by atoms with Gasteiger partial charge in [0.05, 0.1) is 6.21 Å². The summed E-state index contributed by atoms with van der Waals surface area (Å²) in [4.78, 5) is 0. The molecule has 94 valence electrons. The van der Waals surface area contributed by atoms with E-state index in [0.29, 0.717) is 0 Å². The Morgan fingerprint density at radius 2 is 2.06 bits per heavy atom. The van der Waals surface area contributed by atoms with Gasteiger partial charge >= 0.3 is 0 Å². The van der Waals surface area contributed by atoms with E-state index in [1.807, 2.05) is 24.3 Å². The summed E-state index contributed by atoms with van der Waals surface area (Å²) in [5.74, 6) is 5.63. The normalized spacial score (nSPS) is 10.8. The molecule has 0 amide bonds. The molecule has 1 rings (SSSR count). The molecule has 0 bridgehead atoms. The van der Waals surface area contributed by atoms with Crippen LogP contribution in [0.3, 0.4) is 0 Å². The second-order valence-corrected chi connectivity index (χ2v) is 4.61. The predicted octanol–water partition coefficient (Wildman–Crippen LogP) is 0.976. The number of aliphatic hydroxyl groups is 1. The van der Waals surface area contributed by atoms with E-state index in [0.717, 1.165) is 11.1 Å². The Bertz CT molecular complexity index is 504. The maximum Gasteiger partial charge on any atom is 0.184 e. The average Bonchev–Trinajstić information content (AvgIpc) is 2.26. The number of nitrogens with zero attached hydrogens (tertiary/aromatic N) is 1. The van der Waals surface area contributed by atoms with Crippen LogP contribution in [0.4, 0.5) is 0 Å². The lowest BCUT2D eigenvalue weighted by Gasteiger charge is -2.05. The Labute approximate surface area is 112 Å². The van der Waals surface area contributed by atoms with E-state index >= 15 is 0 Å². The van der Waals surface area contributed by atoms with Crippen LogP contribution in [0, 0.1) is 11.8 Å². The van der Waals surface area contributed by atoms with E-state index in [1.165, 1.54) is 0 Å². The van der Waals surface area contributed by atoms with Gasteiger partial charge in [-0.05, 0) is 43.8 Å². The molecule has 0 unspecified atom stereocenters. The summed E-state index contributed by atoms with van der Waals surface area (Å²) >= 11 is 4.61. The number of nitrogens with two attached hydrogens (primary N) is 1. The molecule has 1 aromatic carbocycles. The molecule has 0 aliphatic rings. The van der Waals surface area contributed by atoms with Gasteiger partial charge in [0.15, 0.2) is 5.11 Å². The van der Waals surface area contributed by atoms with E-state index in [9.17, 15) is 5.11 Å². The van der Waals surface area contributed by atoms with Crippen molar-refractivity contribution >= 4 is 23.5 Å². The fourth-order valence-corrected chi connectivity index (χ4v) is 1.10. The third kappa shape index (κ3) is 5.99. The fourth-order valence-electron chi connectivity index (χ4n) is 1.05. The summed E-state index contributed by atoms with van der Waals surface area (Å²) < 4.78 is 0. The van der Waals surface area contributed by atoms with Crippen LogP contribution in [0.5, 0.6) is 0 Å². The quantitative estimate of drug-likeness (QED) is 0.321. The molecule has 0 aromatic heterocycles. The molecular formula is C13H15N3OS. The molecule has 0 atom stereocenters. The van der Waals surface area contributed by atoms with Gasteiger partial charge in [-0.3, -0.25) is 5.43 Å². The summed E-state index contributed by atoms with van der Waals surface area (Å²) in [6.45, 7) is 3.28. The Morgan fingerprint density at radius 3 is 2.56 bits per heavy atom. The van der Waals surface area contributed by atoms with E-state index in [4.69, 9.17) is 5.73 Å². The lowest BCUT2D eigenvalue weighted by Crippen LogP contribution is -2.23. The third-order valence-electron chi connectivity index (χ3n) is 1.81. The van der Waals surface area contributed by atoms with E-state index in [-0.39, 0.29) is 5.11 Å². The van der Waals surface area contributed by atoms with Crippen LogP contribution in [-0.4, -0.2) is 22.0 Å². The van der Waals surface area contributed by atoms with Crippen LogP contribution < -0.4 is 11.2 Å². The highest BCUT2D eigenvalue weighted by Crippen LogP contribution is 2.03. The first-order valence-corrected chi connectivity index (χ1v) is 5.72. The minimum atomic E-state index is -0.985. The largest absolute Gasteiger partial charge is 0.378 e. The zero-order valence-corrected chi connectivity index (χ0v) is 11.1. The van der Waals surface area contributed by atoms with Gasteiger partial charge in [-0.2, -0.15) is 5.10 Å². The molecule has 4 nitrogen and oxygen atoms in total. The lowest BCUT2D eigenvalue weighted by atomic mass is 10.1. The van der Waals surface area contributed by atoms with Crippen LogP contribution in [-0.2, 0) is 0 Å². The van der Waals surface area contributed by atoms with Crippen molar-refractivity contribution in [2.75, 3.05) is 0 Å². The van der Waals surface area contributed by atoms with Crippen molar-refractivity contribution < 1.29 is 5.11 Å². The molecule has 0 aliphatic carbocycles. The third-order valence-corrected chi connectivity index (χ3v) is 1.90. The number of rotatable bonds is 2. The highest BCUT2D eigenvalue weighted by molar-refractivity contribution is 7.80. The van der Waals surface area contributed by atoms with Crippen molar-refractivity contribution in [3.8, 4) is 11.8 Å². The Hall–Kier alpha value is -1.90. The van der Waals surface area contributed by atoms with E-state index in [2.05, 4.69) is 34.6 Å². The summed E-state index contributed by atoms with van der Waals surface area (Å²) in [5.41, 5.74) is 8.44. The topological polar surface area (TPSA) is 70.6 Å². The number of hydrogen-bond acceptors (Lipinski definition) is 3. The number of thiocarbonyl (C=S) groups is 1. The fraction of sp³-hybridized carbons (Fsp3) is 0.231. The molecule has 0 fully saturated rings. The molecule has 0 spiro atoms. The van der Waals surface area contributed by atoms with Crippen LogP contribution in [0.25, 0.3) is 0 Å². The highest BCUT2D eigenvalue weighted by atomic mass is 32.1. The highest BCUT2D eigenvalue weighted by Gasteiger charge is 2.05. The number of nitrogens with one attached hydrogen (secondary N) is 1. The van der Waals surface area contributed by atoms with Crippen LogP contribution in [0.2, 0.25) is 0 Å². The van der Waals surface area contributed by atoms with Gasteiger partial charge in [0, 0.05) is 5.56 Å². The van der Waals surface area contributed by atoms with E-state index in [1.54, 1.807) is 20.1 Å². The molecule has 0 saturated carbocycles. The van der Waals surface area contributed by atoms with Gasteiger partial charge in [0.1, 0.15) is 5.60 Å². The molecule has 0 aliphatic heterocycles. The smallest absolute Gasteiger partial charge is 0.184 e. The van der Waals surface area contributed by atoms with Crippen molar-refractivity contribution in [2.24, 2.45) is 10.8 Å². The standard InChI is InChI=1S/C13H15N3OS/c1-13(2,17)8-7-10-3-5-11(6-4-10)9-15-16-12(14)18/h3-6,9,17H,1-2H3,(H3,14,16,18). The van der Waals surface area contributed by atoms with Gasteiger partial charge < -0.3 is 10.8 Å². The van der Waals surface area contributed by atoms with Crippen molar-refractivity contribution in [1.82, 2.24) is 5.43 Å². The maximum absolute atomic E-state index is 9.47. The number of benzene rings is 1. The first-order valence-electron chi connectivity index (χ1n) is 5.31. The molecule has 0 radical (unpaired) electrons. The zero-order chi connectivity index (χ0) is 13.6. The van der Waals surface area contributed by atoms with Gasteiger partial charge in [0.25, 0.3) is 0 Å². The number of hydrazone groups is 1. The first-order chi connectivity index (χ1) is 8.37. The molecular weight excluding hydrogens is 246 g/mol. The van der Waals surface area contributed by atoms with Gasteiger partial charge in [0.2, 0.25) is 0 Å². The number of hydrogen-bond donors (Lipinski definition) is 3. The van der Waals surface area contributed by atoms with Crippen LogP contribution >= 0.6 is 12.2 Å². The van der Waals surface area contributed by atoms with E-state index < -0.39 is 5.60 Å². The summed E-state index contributed by atoms with van der Waals surface area (Å²) in [6.07, 6.45) is 1.60. The van der Waals surface area contributed by atoms with Crippen molar-refractivity contribution in [1.29, 1.82) is 0 Å². The summed E-state index contributed by atoms with van der Waals surface area (Å²) in [6, 6.07) is 7.42. The van der Waals surface area contributed by atoms with Crippen molar-refractivity contribution in [3.63, 3.8) is 0 Å².